The maximum atomic E-state index is 11.3. The lowest BCUT2D eigenvalue weighted by atomic mass is 10.1. The SMILES string of the molecule is COC(=O)c1ccc(C(O)c2ccncc2OC)o1. The summed E-state index contributed by atoms with van der Waals surface area (Å²) in [5.74, 6) is 0.0978. The van der Waals surface area contributed by atoms with E-state index in [0.717, 1.165) is 0 Å². The van der Waals surface area contributed by atoms with Crippen LogP contribution < -0.4 is 4.74 Å². The minimum Gasteiger partial charge on any atom is -0.495 e. The molecule has 0 saturated carbocycles. The Bertz CT molecular complexity index is 578. The fraction of sp³-hybridized carbons (Fsp3) is 0.231. The minimum absolute atomic E-state index is 0.0320. The zero-order valence-corrected chi connectivity index (χ0v) is 10.5. The van der Waals surface area contributed by atoms with Crippen LogP contribution in [0.25, 0.3) is 0 Å². The van der Waals surface area contributed by atoms with Gasteiger partial charge in [-0.05, 0) is 18.2 Å². The number of carbonyl (C=O) groups excluding carboxylic acids is 1. The number of aromatic nitrogens is 1. The number of furan rings is 1. The fourth-order valence-electron chi connectivity index (χ4n) is 1.65. The first kappa shape index (κ1) is 13.1. The summed E-state index contributed by atoms with van der Waals surface area (Å²) in [5.41, 5.74) is 0.503. The Hall–Kier alpha value is -2.34. The summed E-state index contributed by atoms with van der Waals surface area (Å²) in [6, 6.07) is 4.57. The third-order valence-corrected chi connectivity index (χ3v) is 2.61. The number of hydrogen-bond donors (Lipinski definition) is 1. The highest BCUT2D eigenvalue weighted by molar-refractivity contribution is 5.86. The number of rotatable bonds is 4. The van der Waals surface area contributed by atoms with E-state index >= 15 is 0 Å². The van der Waals surface area contributed by atoms with E-state index in [0.29, 0.717) is 11.3 Å². The molecule has 6 nitrogen and oxygen atoms in total. The zero-order valence-electron chi connectivity index (χ0n) is 10.5. The molecule has 0 aliphatic carbocycles. The van der Waals surface area contributed by atoms with E-state index in [4.69, 9.17) is 9.15 Å². The Balaban J connectivity index is 2.31. The number of aliphatic hydroxyl groups is 1. The van der Waals surface area contributed by atoms with Crippen LogP contribution >= 0.6 is 0 Å². The lowest BCUT2D eigenvalue weighted by Gasteiger charge is -2.11. The first-order valence-electron chi connectivity index (χ1n) is 5.51. The number of carbonyl (C=O) groups is 1. The molecule has 0 saturated heterocycles. The summed E-state index contributed by atoms with van der Waals surface area (Å²) in [6.45, 7) is 0. The largest absolute Gasteiger partial charge is 0.495 e. The fourth-order valence-corrected chi connectivity index (χ4v) is 1.65. The summed E-state index contributed by atoms with van der Waals surface area (Å²) in [5, 5.41) is 10.2. The van der Waals surface area contributed by atoms with Crippen molar-refractivity contribution in [1.29, 1.82) is 0 Å². The highest BCUT2D eigenvalue weighted by atomic mass is 16.5. The van der Waals surface area contributed by atoms with E-state index < -0.39 is 12.1 Å². The van der Waals surface area contributed by atoms with Gasteiger partial charge in [0, 0.05) is 11.8 Å². The van der Waals surface area contributed by atoms with Crippen molar-refractivity contribution in [1.82, 2.24) is 4.98 Å². The average molecular weight is 263 g/mol. The van der Waals surface area contributed by atoms with Gasteiger partial charge in [0.15, 0.2) is 0 Å². The lowest BCUT2D eigenvalue weighted by molar-refractivity contribution is 0.0558. The molecule has 2 rings (SSSR count). The van der Waals surface area contributed by atoms with Gasteiger partial charge in [0.05, 0.1) is 20.4 Å². The predicted octanol–water partition coefficient (Wildman–Crippen LogP) is 1.55. The van der Waals surface area contributed by atoms with Crippen molar-refractivity contribution < 1.29 is 23.8 Å². The Morgan fingerprint density at radius 1 is 1.37 bits per heavy atom. The predicted molar refractivity (Wildman–Crippen MR) is 64.9 cm³/mol. The molecule has 6 heteroatoms. The van der Waals surface area contributed by atoms with E-state index in [9.17, 15) is 9.90 Å². The molecular formula is C13H13NO5. The number of pyridine rings is 1. The van der Waals surface area contributed by atoms with Crippen molar-refractivity contribution in [2.24, 2.45) is 0 Å². The molecule has 0 aliphatic heterocycles. The van der Waals surface area contributed by atoms with E-state index in [1.807, 2.05) is 0 Å². The molecule has 2 heterocycles. The summed E-state index contributed by atoms with van der Waals surface area (Å²) in [4.78, 5) is 15.2. The zero-order chi connectivity index (χ0) is 13.8. The normalized spacial score (nSPS) is 11.9. The van der Waals surface area contributed by atoms with Crippen LogP contribution in [0.15, 0.2) is 35.0 Å². The number of methoxy groups -OCH3 is 2. The van der Waals surface area contributed by atoms with Crippen molar-refractivity contribution in [3.63, 3.8) is 0 Å². The first-order valence-corrected chi connectivity index (χ1v) is 5.51. The first-order chi connectivity index (χ1) is 9.17. The molecule has 19 heavy (non-hydrogen) atoms. The highest BCUT2D eigenvalue weighted by Gasteiger charge is 2.20. The molecule has 0 bridgehead atoms. The molecule has 0 aliphatic rings. The van der Waals surface area contributed by atoms with Crippen molar-refractivity contribution >= 4 is 5.97 Å². The Morgan fingerprint density at radius 2 is 2.16 bits per heavy atom. The summed E-state index contributed by atoms with van der Waals surface area (Å²) in [6.07, 6.45) is 1.98. The van der Waals surface area contributed by atoms with Gasteiger partial charge in [0.25, 0.3) is 0 Å². The van der Waals surface area contributed by atoms with Gasteiger partial charge in [-0.3, -0.25) is 4.98 Å². The molecule has 2 aromatic heterocycles. The van der Waals surface area contributed by atoms with Crippen LogP contribution in [-0.4, -0.2) is 30.3 Å². The highest BCUT2D eigenvalue weighted by Crippen LogP contribution is 2.30. The van der Waals surface area contributed by atoms with Crippen LogP contribution in [0.5, 0.6) is 5.75 Å². The molecule has 0 amide bonds. The molecular weight excluding hydrogens is 250 g/mol. The number of nitrogens with zero attached hydrogens (tertiary/aromatic N) is 1. The molecule has 2 aromatic rings. The van der Waals surface area contributed by atoms with Crippen LogP contribution in [0.4, 0.5) is 0 Å². The van der Waals surface area contributed by atoms with Gasteiger partial charge < -0.3 is 19.0 Å². The van der Waals surface area contributed by atoms with Gasteiger partial charge >= 0.3 is 5.97 Å². The van der Waals surface area contributed by atoms with Gasteiger partial charge in [-0.1, -0.05) is 0 Å². The molecule has 0 spiro atoms. The Kier molecular flexibility index (Phi) is 3.82. The van der Waals surface area contributed by atoms with Crippen LogP contribution in [0.1, 0.15) is 28.0 Å². The maximum absolute atomic E-state index is 11.3. The Morgan fingerprint density at radius 3 is 2.84 bits per heavy atom. The van der Waals surface area contributed by atoms with Crippen molar-refractivity contribution in [2.75, 3.05) is 14.2 Å². The summed E-state index contributed by atoms with van der Waals surface area (Å²) in [7, 11) is 2.74. The molecule has 0 radical (unpaired) electrons. The van der Waals surface area contributed by atoms with Gasteiger partial charge in [-0.15, -0.1) is 0 Å². The van der Waals surface area contributed by atoms with E-state index in [1.54, 1.807) is 6.07 Å². The second-order valence-corrected chi connectivity index (χ2v) is 3.71. The van der Waals surface area contributed by atoms with E-state index in [-0.39, 0.29) is 11.5 Å². The smallest absolute Gasteiger partial charge is 0.373 e. The molecule has 0 fully saturated rings. The third kappa shape index (κ3) is 2.58. The quantitative estimate of drug-likeness (QED) is 0.843. The lowest BCUT2D eigenvalue weighted by Crippen LogP contribution is -2.02. The van der Waals surface area contributed by atoms with Gasteiger partial charge in [-0.2, -0.15) is 0 Å². The van der Waals surface area contributed by atoms with E-state index in [2.05, 4.69) is 9.72 Å². The van der Waals surface area contributed by atoms with Crippen molar-refractivity contribution in [3.05, 3.63) is 47.7 Å². The average Bonchev–Trinajstić information content (AvgIpc) is 2.95. The number of esters is 1. The topological polar surface area (TPSA) is 81.8 Å². The third-order valence-electron chi connectivity index (χ3n) is 2.61. The monoisotopic (exact) mass is 263 g/mol. The molecule has 1 unspecified atom stereocenters. The Labute approximate surface area is 109 Å². The second-order valence-electron chi connectivity index (χ2n) is 3.71. The van der Waals surface area contributed by atoms with Crippen LogP contribution in [-0.2, 0) is 4.74 Å². The van der Waals surface area contributed by atoms with Crippen LogP contribution in [0.3, 0.4) is 0 Å². The standard InChI is InChI=1S/C13H13NO5/c1-17-11-7-14-6-5-8(11)12(15)9-3-4-10(19-9)13(16)18-2/h3-7,12,15H,1-2H3. The number of aliphatic hydroxyl groups excluding tert-OH is 1. The van der Waals surface area contributed by atoms with E-state index in [1.165, 1.54) is 38.7 Å². The summed E-state index contributed by atoms with van der Waals surface area (Å²) < 4.78 is 14.9. The molecule has 100 valence electrons. The van der Waals surface area contributed by atoms with Crippen molar-refractivity contribution in [2.45, 2.75) is 6.10 Å². The van der Waals surface area contributed by atoms with Gasteiger partial charge in [0.2, 0.25) is 5.76 Å². The molecule has 1 atom stereocenters. The number of hydrogen-bond acceptors (Lipinski definition) is 6. The van der Waals surface area contributed by atoms with Crippen LogP contribution in [0, 0.1) is 0 Å². The minimum atomic E-state index is -1.05. The van der Waals surface area contributed by atoms with Crippen LogP contribution in [0.2, 0.25) is 0 Å². The summed E-state index contributed by atoms with van der Waals surface area (Å²) >= 11 is 0. The van der Waals surface area contributed by atoms with Gasteiger partial charge in [0.1, 0.15) is 17.6 Å². The second kappa shape index (κ2) is 5.53. The maximum Gasteiger partial charge on any atom is 0.373 e. The molecule has 1 N–H and O–H groups in total. The van der Waals surface area contributed by atoms with Crippen molar-refractivity contribution in [3.8, 4) is 5.75 Å². The molecule has 0 aromatic carbocycles. The van der Waals surface area contributed by atoms with Gasteiger partial charge in [-0.25, -0.2) is 4.79 Å². The number of ether oxygens (including phenoxy) is 2.